The number of amides is 2. The number of nitrogens with zero attached hydrogens (tertiary/aromatic N) is 2. The molecular weight excluding hydrogens is 441 g/mol. The summed E-state index contributed by atoms with van der Waals surface area (Å²) in [5.41, 5.74) is 2.59. The first kappa shape index (κ1) is 24.3. The molecule has 0 bridgehead atoms. The van der Waals surface area contributed by atoms with Crippen LogP contribution in [0, 0.1) is 13.8 Å². The lowest BCUT2D eigenvalue weighted by Gasteiger charge is -2.34. The van der Waals surface area contributed by atoms with Gasteiger partial charge in [-0.3, -0.25) is 19.3 Å². The highest BCUT2D eigenvalue weighted by Gasteiger charge is 2.31. The molecule has 0 radical (unpaired) electrons. The molecule has 8 nitrogen and oxygen atoms in total. The minimum Gasteiger partial charge on any atom is -0.406 e. The first-order valence-electron chi connectivity index (χ1n) is 10.3. The molecule has 0 saturated carbocycles. The van der Waals surface area contributed by atoms with Crippen LogP contribution < -0.4 is 10.1 Å². The van der Waals surface area contributed by atoms with Crippen molar-refractivity contribution >= 4 is 23.3 Å². The third kappa shape index (κ3) is 6.13. The van der Waals surface area contributed by atoms with E-state index in [1.165, 1.54) is 19.1 Å². The van der Waals surface area contributed by atoms with Crippen LogP contribution >= 0.6 is 0 Å². The Labute approximate surface area is 188 Å². The first-order valence-corrected chi connectivity index (χ1v) is 10.3. The van der Waals surface area contributed by atoms with Crippen molar-refractivity contribution in [2.75, 3.05) is 38.0 Å². The Morgan fingerprint density at radius 2 is 1.67 bits per heavy atom. The van der Waals surface area contributed by atoms with Gasteiger partial charge in [-0.2, -0.15) is 0 Å². The molecule has 2 N–H and O–H groups in total. The summed E-state index contributed by atoms with van der Waals surface area (Å²) in [6.07, 6.45) is -4.78. The number of ether oxygens (including phenoxy) is 1. The molecule has 33 heavy (non-hydrogen) atoms. The van der Waals surface area contributed by atoms with E-state index in [-0.39, 0.29) is 29.9 Å². The number of benzene rings is 1. The van der Waals surface area contributed by atoms with E-state index < -0.39 is 6.36 Å². The molecule has 2 aromatic rings. The second kappa shape index (κ2) is 9.65. The number of aromatic nitrogens is 1. The lowest BCUT2D eigenvalue weighted by atomic mass is 10.1. The third-order valence-electron chi connectivity index (χ3n) is 5.40. The normalized spacial score (nSPS) is 14.8. The van der Waals surface area contributed by atoms with Crippen LogP contribution in [-0.4, -0.2) is 71.5 Å². The maximum Gasteiger partial charge on any atom is 0.573 e. The van der Waals surface area contributed by atoms with Gasteiger partial charge in [0.15, 0.2) is 5.78 Å². The summed E-state index contributed by atoms with van der Waals surface area (Å²) in [6, 6.07) is 4.89. The average molecular weight is 466 g/mol. The Balaban J connectivity index is 1.50. The Hall–Kier alpha value is -3.34. The molecule has 2 amide bonds. The number of hydrogen-bond donors (Lipinski definition) is 2. The van der Waals surface area contributed by atoms with E-state index in [1.807, 2.05) is 4.90 Å². The van der Waals surface area contributed by atoms with Gasteiger partial charge in [-0.05, 0) is 50.6 Å². The van der Waals surface area contributed by atoms with Gasteiger partial charge in [0.1, 0.15) is 11.4 Å². The fourth-order valence-electron chi connectivity index (χ4n) is 3.90. The standard InChI is InChI=1S/C22H25F3N4O4/c1-13-19(15(3)30)14(2)26-20(13)21(32)29-10-8-28(9-11-29)12-18(31)27-16-4-6-17(7-5-16)33-22(23,24)25/h4-7,26H,8-12H2,1-3H3,(H,27,31). The van der Waals surface area contributed by atoms with Gasteiger partial charge in [0.05, 0.1) is 6.54 Å². The van der Waals surface area contributed by atoms with Crippen LogP contribution in [0.25, 0.3) is 0 Å². The number of nitrogens with one attached hydrogen (secondary N) is 2. The SMILES string of the molecule is CC(=O)c1c(C)[nH]c(C(=O)N2CCN(CC(=O)Nc3ccc(OC(F)(F)F)cc3)CC2)c1C. The number of aromatic amines is 1. The summed E-state index contributed by atoms with van der Waals surface area (Å²) in [7, 11) is 0. The number of hydrogen-bond acceptors (Lipinski definition) is 5. The summed E-state index contributed by atoms with van der Waals surface area (Å²) in [5.74, 6) is -0.975. The highest BCUT2D eigenvalue weighted by Crippen LogP contribution is 2.24. The Bertz CT molecular complexity index is 1040. The molecule has 1 aromatic heterocycles. The molecule has 1 aliphatic heterocycles. The van der Waals surface area contributed by atoms with E-state index in [0.29, 0.717) is 54.4 Å². The molecule has 11 heteroatoms. The maximum atomic E-state index is 12.9. The Morgan fingerprint density at radius 3 is 2.18 bits per heavy atom. The predicted molar refractivity (Wildman–Crippen MR) is 114 cm³/mol. The number of aryl methyl sites for hydroxylation is 1. The summed E-state index contributed by atoms with van der Waals surface area (Å²) >= 11 is 0. The van der Waals surface area contributed by atoms with Crippen LogP contribution in [0.1, 0.15) is 39.0 Å². The van der Waals surface area contributed by atoms with Crippen LogP contribution in [0.2, 0.25) is 0 Å². The number of halogens is 3. The van der Waals surface area contributed by atoms with Crippen molar-refractivity contribution in [3.63, 3.8) is 0 Å². The zero-order valence-corrected chi connectivity index (χ0v) is 18.5. The second-order valence-corrected chi connectivity index (χ2v) is 7.87. The van der Waals surface area contributed by atoms with Crippen molar-refractivity contribution in [2.45, 2.75) is 27.1 Å². The highest BCUT2D eigenvalue weighted by atomic mass is 19.4. The quantitative estimate of drug-likeness (QED) is 0.638. The Kier molecular flexibility index (Phi) is 7.11. The van der Waals surface area contributed by atoms with Crippen LogP contribution in [0.5, 0.6) is 5.75 Å². The minimum absolute atomic E-state index is 0.0813. The van der Waals surface area contributed by atoms with Crippen molar-refractivity contribution < 1.29 is 32.3 Å². The fraction of sp³-hybridized carbons (Fsp3) is 0.409. The zero-order valence-electron chi connectivity index (χ0n) is 18.5. The molecule has 2 heterocycles. The molecule has 0 spiro atoms. The van der Waals surface area contributed by atoms with Crippen molar-refractivity contribution in [2.24, 2.45) is 0 Å². The maximum absolute atomic E-state index is 12.9. The lowest BCUT2D eigenvalue weighted by Crippen LogP contribution is -2.50. The number of H-pyrrole nitrogens is 1. The van der Waals surface area contributed by atoms with Crippen molar-refractivity contribution in [3.8, 4) is 5.75 Å². The zero-order chi connectivity index (χ0) is 24.3. The number of piperazine rings is 1. The topological polar surface area (TPSA) is 94.7 Å². The third-order valence-corrected chi connectivity index (χ3v) is 5.40. The van der Waals surface area contributed by atoms with E-state index in [9.17, 15) is 27.6 Å². The number of anilines is 1. The van der Waals surface area contributed by atoms with E-state index >= 15 is 0 Å². The molecule has 0 unspecified atom stereocenters. The highest BCUT2D eigenvalue weighted by molar-refractivity contribution is 6.02. The van der Waals surface area contributed by atoms with E-state index in [1.54, 1.807) is 18.7 Å². The van der Waals surface area contributed by atoms with E-state index in [4.69, 9.17) is 0 Å². The summed E-state index contributed by atoms with van der Waals surface area (Å²) in [4.78, 5) is 43.6. The van der Waals surface area contributed by atoms with Crippen LogP contribution in [0.15, 0.2) is 24.3 Å². The molecule has 0 aliphatic carbocycles. The smallest absolute Gasteiger partial charge is 0.406 e. The molecule has 1 fully saturated rings. The summed E-state index contributed by atoms with van der Waals surface area (Å²) < 4.78 is 40.5. The minimum atomic E-state index is -4.78. The molecule has 1 aliphatic rings. The number of carbonyl (C=O) groups is 3. The van der Waals surface area contributed by atoms with Gasteiger partial charge in [-0.25, -0.2) is 0 Å². The van der Waals surface area contributed by atoms with Gasteiger partial charge in [0, 0.05) is 43.1 Å². The van der Waals surface area contributed by atoms with Crippen molar-refractivity contribution in [1.82, 2.24) is 14.8 Å². The van der Waals surface area contributed by atoms with Gasteiger partial charge in [-0.1, -0.05) is 0 Å². The molecular formula is C22H25F3N4O4. The monoisotopic (exact) mass is 466 g/mol. The van der Waals surface area contributed by atoms with Crippen LogP contribution in [0.4, 0.5) is 18.9 Å². The number of ketones is 1. The van der Waals surface area contributed by atoms with E-state index in [2.05, 4.69) is 15.0 Å². The number of alkyl halides is 3. The van der Waals surface area contributed by atoms with Crippen molar-refractivity contribution in [1.29, 1.82) is 0 Å². The number of rotatable bonds is 6. The van der Waals surface area contributed by atoms with Crippen molar-refractivity contribution in [3.05, 3.63) is 46.8 Å². The molecule has 0 atom stereocenters. The lowest BCUT2D eigenvalue weighted by molar-refractivity contribution is -0.274. The molecule has 178 valence electrons. The van der Waals surface area contributed by atoms with Crippen LogP contribution in [0.3, 0.4) is 0 Å². The molecule has 3 rings (SSSR count). The van der Waals surface area contributed by atoms with Gasteiger partial charge < -0.3 is 19.9 Å². The second-order valence-electron chi connectivity index (χ2n) is 7.87. The number of carbonyl (C=O) groups excluding carboxylic acids is 3. The summed E-state index contributed by atoms with van der Waals surface area (Å²) in [6.45, 7) is 6.85. The largest absolute Gasteiger partial charge is 0.573 e. The van der Waals surface area contributed by atoms with Gasteiger partial charge in [-0.15, -0.1) is 13.2 Å². The number of Topliss-reactive ketones (excluding diaryl/α,β-unsaturated/α-hetero) is 1. The first-order chi connectivity index (χ1) is 15.4. The van der Waals surface area contributed by atoms with E-state index in [0.717, 1.165) is 12.1 Å². The predicted octanol–water partition coefficient (Wildman–Crippen LogP) is 3.13. The summed E-state index contributed by atoms with van der Waals surface area (Å²) in [5, 5.41) is 2.63. The van der Waals surface area contributed by atoms with Gasteiger partial charge >= 0.3 is 6.36 Å². The fourth-order valence-corrected chi connectivity index (χ4v) is 3.90. The van der Waals surface area contributed by atoms with Gasteiger partial charge in [0.2, 0.25) is 5.91 Å². The van der Waals surface area contributed by atoms with Gasteiger partial charge in [0.25, 0.3) is 5.91 Å². The molecule has 1 aromatic carbocycles. The molecule has 1 saturated heterocycles. The average Bonchev–Trinajstić information content (AvgIpc) is 3.02. The van der Waals surface area contributed by atoms with Crippen LogP contribution in [-0.2, 0) is 4.79 Å². The Morgan fingerprint density at radius 1 is 1.06 bits per heavy atom.